The number of H-pyrrole nitrogens is 1. The number of nitrogens with zero attached hydrogens (tertiary/aromatic N) is 2. The summed E-state index contributed by atoms with van der Waals surface area (Å²) < 4.78 is 0. The Hall–Kier alpha value is -2.82. The number of benzene rings is 1. The minimum atomic E-state index is -0.327. The van der Waals surface area contributed by atoms with Crippen LogP contribution in [0.4, 0.5) is 11.4 Å². The van der Waals surface area contributed by atoms with E-state index < -0.39 is 0 Å². The van der Waals surface area contributed by atoms with Crippen molar-refractivity contribution in [2.45, 2.75) is 57.2 Å². The zero-order chi connectivity index (χ0) is 22.7. The normalized spacial score (nSPS) is 24.5. The molecule has 0 aliphatic heterocycles. The number of pyridine rings is 1. The first-order chi connectivity index (χ1) is 15.4. The van der Waals surface area contributed by atoms with Crippen molar-refractivity contribution in [2.75, 3.05) is 5.32 Å². The lowest BCUT2D eigenvalue weighted by Gasteiger charge is -2.35. The third-order valence-corrected chi connectivity index (χ3v) is 6.73. The topological polar surface area (TPSA) is 119 Å². The Bertz CT molecular complexity index is 1070. The van der Waals surface area contributed by atoms with Crippen molar-refractivity contribution in [3.8, 4) is 6.07 Å². The lowest BCUT2D eigenvalue weighted by atomic mass is 9.81. The summed E-state index contributed by atoms with van der Waals surface area (Å²) in [6.45, 7) is 2.24. The van der Waals surface area contributed by atoms with Crippen LogP contribution in [0.2, 0.25) is 5.02 Å². The molecule has 4 rings (SSSR count). The van der Waals surface area contributed by atoms with Gasteiger partial charge in [-0.15, -0.1) is 0 Å². The number of amidine groups is 1. The maximum Gasteiger partial charge on any atom is 0.261 e. The molecule has 2 aliphatic rings. The highest BCUT2D eigenvalue weighted by Crippen LogP contribution is 2.34. The van der Waals surface area contributed by atoms with E-state index in [1.165, 1.54) is 12.8 Å². The number of aliphatic imine (C=N–C) groups is 1. The molecule has 7 nitrogen and oxygen atoms in total. The van der Waals surface area contributed by atoms with E-state index in [-0.39, 0.29) is 28.9 Å². The molecule has 1 heterocycles. The maximum atomic E-state index is 12.6. The van der Waals surface area contributed by atoms with Gasteiger partial charge in [-0.2, -0.15) is 5.26 Å². The largest absolute Gasteiger partial charge is 0.383 e. The van der Waals surface area contributed by atoms with Gasteiger partial charge in [0.1, 0.15) is 11.4 Å². The molecule has 2 saturated carbocycles. The van der Waals surface area contributed by atoms with Crippen molar-refractivity contribution in [3.05, 3.63) is 57.5 Å². The third-order valence-electron chi connectivity index (χ3n) is 6.48. The molecule has 0 amide bonds. The van der Waals surface area contributed by atoms with Crippen molar-refractivity contribution in [3.63, 3.8) is 0 Å². The molecule has 8 heteroatoms. The van der Waals surface area contributed by atoms with Gasteiger partial charge >= 0.3 is 0 Å². The molecule has 5 N–H and O–H groups in total. The van der Waals surface area contributed by atoms with Crippen LogP contribution >= 0.6 is 11.6 Å². The molecular weight excluding hydrogens is 424 g/mol. The maximum absolute atomic E-state index is 12.6. The molecule has 2 unspecified atom stereocenters. The second kappa shape index (κ2) is 9.76. The highest BCUT2D eigenvalue weighted by Gasteiger charge is 2.34. The van der Waals surface area contributed by atoms with Crippen LogP contribution in [0.5, 0.6) is 0 Å². The van der Waals surface area contributed by atoms with E-state index in [0.29, 0.717) is 28.5 Å². The van der Waals surface area contributed by atoms with Gasteiger partial charge in [-0.25, -0.2) is 4.99 Å². The standard InChI is InChI=1S/C24H29ClN6O/c1-14(15-2-3-15)29-19-8-9-20(16(12-19)13-26)31-21-10-11-28-24(32)22(21)23(27)30-18-6-4-17(25)5-7-18/h4-7,10-11,14-16,19-20,29H,2-3,8-9,12H2,1H3,(H2,27,30)(H2,28,31,32)/t14?,16?,19-,20+/m0/s1. The minimum absolute atomic E-state index is 0.0573. The fourth-order valence-corrected chi connectivity index (χ4v) is 4.63. The first-order valence-corrected chi connectivity index (χ1v) is 11.6. The Morgan fingerprint density at radius 2 is 2.00 bits per heavy atom. The highest BCUT2D eigenvalue weighted by atomic mass is 35.5. The number of nitrogens with two attached hydrogens (primary N) is 1. The van der Waals surface area contributed by atoms with Crippen molar-refractivity contribution in [1.82, 2.24) is 10.3 Å². The number of hydrogen-bond donors (Lipinski definition) is 4. The van der Waals surface area contributed by atoms with Crippen LogP contribution in [0.15, 0.2) is 46.3 Å². The van der Waals surface area contributed by atoms with Gasteiger partial charge < -0.3 is 21.4 Å². The molecule has 32 heavy (non-hydrogen) atoms. The average molecular weight is 453 g/mol. The van der Waals surface area contributed by atoms with E-state index in [1.807, 2.05) is 0 Å². The van der Waals surface area contributed by atoms with Crippen LogP contribution in [0.3, 0.4) is 0 Å². The minimum Gasteiger partial charge on any atom is -0.383 e. The molecule has 4 atom stereocenters. The monoisotopic (exact) mass is 452 g/mol. The Morgan fingerprint density at radius 1 is 1.25 bits per heavy atom. The van der Waals surface area contributed by atoms with Crippen molar-refractivity contribution < 1.29 is 0 Å². The number of aromatic nitrogens is 1. The van der Waals surface area contributed by atoms with Crippen LogP contribution in [-0.4, -0.2) is 28.9 Å². The number of nitriles is 1. The van der Waals surface area contributed by atoms with E-state index in [1.54, 1.807) is 36.5 Å². The van der Waals surface area contributed by atoms with Gasteiger partial charge in [0.2, 0.25) is 0 Å². The van der Waals surface area contributed by atoms with Gasteiger partial charge in [0, 0.05) is 29.3 Å². The van der Waals surface area contributed by atoms with Crippen LogP contribution in [0.1, 0.15) is 44.6 Å². The summed E-state index contributed by atoms with van der Waals surface area (Å²) >= 11 is 5.93. The summed E-state index contributed by atoms with van der Waals surface area (Å²) in [7, 11) is 0. The van der Waals surface area contributed by atoms with Gasteiger partial charge in [-0.05, 0) is 75.3 Å². The van der Waals surface area contributed by atoms with Crippen molar-refractivity contribution in [1.29, 1.82) is 5.26 Å². The first-order valence-electron chi connectivity index (χ1n) is 11.2. The second-order valence-corrected chi connectivity index (χ2v) is 9.29. The van der Waals surface area contributed by atoms with Crippen LogP contribution in [0, 0.1) is 23.2 Å². The van der Waals surface area contributed by atoms with E-state index >= 15 is 0 Å². The number of anilines is 1. The second-order valence-electron chi connectivity index (χ2n) is 8.86. The summed E-state index contributed by atoms with van der Waals surface area (Å²) in [5.74, 6) is 0.737. The molecule has 2 aliphatic carbocycles. The molecule has 1 aromatic carbocycles. The molecule has 0 bridgehead atoms. The van der Waals surface area contributed by atoms with E-state index in [2.05, 4.69) is 33.6 Å². The van der Waals surface area contributed by atoms with Gasteiger partial charge in [-0.3, -0.25) is 4.79 Å². The van der Waals surface area contributed by atoms with Gasteiger partial charge in [-0.1, -0.05) is 11.6 Å². The molecule has 1 aromatic heterocycles. The smallest absolute Gasteiger partial charge is 0.261 e. The Balaban J connectivity index is 1.50. The van der Waals surface area contributed by atoms with Crippen molar-refractivity contribution in [2.24, 2.45) is 22.6 Å². The number of nitrogens with one attached hydrogen (secondary N) is 3. The number of aromatic amines is 1. The predicted molar refractivity (Wildman–Crippen MR) is 128 cm³/mol. The number of halogens is 1. The molecule has 0 radical (unpaired) electrons. The molecule has 2 aromatic rings. The average Bonchev–Trinajstić information content (AvgIpc) is 3.62. The predicted octanol–water partition coefficient (Wildman–Crippen LogP) is 3.93. The Morgan fingerprint density at radius 3 is 2.69 bits per heavy atom. The summed E-state index contributed by atoms with van der Waals surface area (Å²) in [5, 5.41) is 17.6. The zero-order valence-corrected chi connectivity index (χ0v) is 18.9. The lowest BCUT2D eigenvalue weighted by molar-refractivity contribution is 0.280. The summed E-state index contributed by atoms with van der Waals surface area (Å²) in [6, 6.07) is 12.0. The van der Waals surface area contributed by atoms with Crippen LogP contribution in [0.25, 0.3) is 0 Å². The molecule has 2 fully saturated rings. The number of rotatable bonds is 7. The Labute approximate surface area is 193 Å². The third kappa shape index (κ3) is 5.32. The Kier molecular flexibility index (Phi) is 6.83. The SMILES string of the molecule is CC(N[C@H]1CC[C@@H](Nc2cc[nH]c(=O)c2C(N)=Nc2ccc(Cl)cc2)C(C#N)C1)C1CC1. The van der Waals surface area contributed by atoms with Gasteiger partial charge in [0.15, 0.2) is 0 Å². The lowest BCUT2D eigenvalue weighted by Crippen LogP contribution is -2.46. The fraction of sp³-hybridized carbons (Fsp3) is 0.458. The molecular formula is C24H29ClN6O. The van der Waals surface area contributed by atoms with Gasteiger partial charge in [0.05, 0.1) is 23.4 Å². The van der Waals surface area contributed by atoms with Crippen LogP contribution in [-0.2, 0) is 0 Å². The summed E-state index contributed by atoms with van der Waals surface area (Å²) in [4.78, 5) is 19.7. The zero-order valence-electron chi connectivity index (χ0n) is 18.1. The van der Waals surface area contributed by atoms with E-state index in [0.717, 1.165) is 25.2 Å². The fourth-order valence-electron chi connectivity index (χ4n) is 4.50. The van der Waals surface area contributed by atoms with Crippen molar-refractivity contribution >= 4 is 28.8 Å². The molecule has 0 spiro atoms. The summed E-state index contributed by atoms with van der Waals surface area (Å²) in [6.07, 6.45) is 6.80. The quantitative estimate of drug-likeness (QED) is 0.375. The van der Waals surface area contributed by atoms with E-state index in [4.69, 9.17) is 17.3 Å². The first kappa shape index (κ1) is 22.4. The number of hydrogen-bond acceptors (Lipinski definition) is 5. The van der Waals surface area contributed by atoms with E-state index in [9.17, 15) is 10.1 Å². The highest BCUT2D eigenvalue weighted by molar-refractivity contribution is 6.30. The molecule has 168 valence electrons. The molecule has 0 saturated heterocycles. The van der Waals surface area contributed by atoms with Gasteiger partial charge in [0.25, 0.3) is 5.56 Å². The summed E-state index contributed by atoms with van der Waals surface area (Å²) in [5.41, 5.74) is 7.38. The van der Waals surface area contributed by atoms with Crippen LogP contribution < -0.4 is 21.9 Å².